The Morgan fingerprint density at radius 2 is 2.03 bits per heavy atom. The summed E-state index contributed by atoms with van der Waals surface area (Å²) in [5.41, 5.74) is 2.03. The Morgan fingerprint density at radius 1 is 1.28 bits per heavy atom. The van der Waals surface area contributed by atoms with Crippen LogP contribution in [0.5, 0.6) is 0 Å². The third-order valence-corrected chi connectivity index (χ3v) is 8.72. The molecule has 0 bridgehead atoms. The second kappa shape index (κ2) is 7.77. The highest BCUT2D eigenvalue weighted by atomic mass is 32.3. The Labute approximate surface area is 191 Å². The van der Waals surface area contributed by atoms with Gasteiger partial charge in [0.1, 0.15) is 11.4 Å². The minimum absolute atomic E-state index is 0.0934. The number of hydrogen-bond acceptors (Lipinski definition) is 6. The number of carbonyl (C=O) groups is 1. The summed E-state index contributed by atoms with van der Waals surface area (Å²) in [4.78, 5) is 20.1. The van der Waals surface area contributed by atoms with Gasteiger partial charge >= 0.3 is 0 Å². The smallest absolute Gasteiger partial charge is 0.285 e. The standard InChI is InChI=1S/C23H23N3O4S2/c1-23(13-30-14-23)12-16(21(27)25-22-24-9-10-31-22)15-7-8-20-18(11-15)26(2)17-5-3-4-6-19(17)32(20,28)29/h3-11,16H,12-14H2,1-2H3,(H-,24,25,27,28,29)/p+1. The van der Waals surface area contributed by atoms with E-state index in [2.05, 4.69) is 17.2 Å². The number of carbonyl (C=O) groups excluding carboxylic acids is 1. The van der Waals surface area contributed by atoms with E-state index >= 15 is 0 Å². The molecule has 0 spiro atoms. The Bertz CT molecular complexity index is 1220. The summed E-state index contributed by atoms with van der Waals surface area (Å²) in [6.07, 6.45) is 2.26. The number of nitrogens with zero attached hydrogens (tertiary/aromatic N) is 2. The van der Waals surface area contributed by atoms with Crippen LogP contribution in [0, 0.1) is 5.41 Å². The van der Waals surface area contributed by atoms with Gasteiger partial charge in [0.2, 0.25) is 15.7 Å². The number of amides is 1. The molecule has 3 heterocycles. The fraction of sp³-hybridized carbons (Fsp3) is 0.304. The summed E-state index contributed by atoms with van der Waals surface area (Å²) < 4.78 is 29.7. The SMILES string of the molecule is CN1c2ccccc2[S+](=O)(O)c2ccc(C(CC3(C)COC3)C(=O)Nc3nccs3)cc21. The number of fused-ring (bicyclic) bond motifs is 2. The van der Waals surface area contributed by atoms with Crippen LogP contribution in [-0.4, -0.2) is 35.7 Å². The molecule has 2 aliphatic rings. The van der Waals surface area contributed by atoms with E-state index in [1.807, 2.05) is 35.5 Å². The van der Waals surface area contributed by atoms with Crippen LogP contribution >= 0.6 is 11.3 Å². The molecule has 2 aromatic carbocycles. The lowest BCUT2D eigenvalue weighted by molar-refractivity contribution is -0.126. The van der Waals surface area contributed by atoms with Gasteiger partial charge in [-0.1, -0.05) is 29.3 Å². The highest BCUT2D eigenvalue weighted by Gasteiger charge is 2.45. The van der Waals surface area contributed by atoms with Crippen molar-refractivity contribution in [2.24, 2.45) is 5.41 Å². The molecule has 5 rings (SSSR count). The number of aromatic nitrogens is 1. The second-order valence-corrected chi connectivity index (χ2v) is 11.5. The molecule has 2 N–H and O–H groups in total. The summed E-state index contributed by atoms with van der Waals surface area (Å²) in [7, 11) is -1.51. The molecule has 2 aliphatic heterocycles. The van der Waals surface area contributed by atoms with Crippen LogP contribution in [0.3, 0.4) is 0 Å². The average Bonchev–Trinajstić information content (AvgIpc) is 3.27. The minimum atomic E-state index is -3.39. The van der Waals surface area contributed by atoms with Crippen molar-refractivity contribution in [2.75, 3.05) is 30.5 Å². The van der Waals surface area contributed by atoms with Crippen molar-refractivity contribution in [2.45, 2.75) is 29.1 Å². The highest BCUT2D eigenvalue weighted by Crippen LogP contribution is 2.47. The lowest BCUT2D eigenvalue weighted by atomic mass is 9.76. The quantitative estimate of drug-likeness (QED) is 0.522. The van der Waals surface area contributed by atoms with Crippen LogP contribution < -0.4 is 10.2 Å². The summed E-state index contributed by atoms with van der Waals surface area (Å²) in [6.45, 7) is 3.33. The molecule has 1 saturated heterocycles. The number of hydrogen-bond donors (Lipinski definition) is 2. The van der Waals surface area contributed by atoms with Gasteiger partial charge in [-0.2, -0.15) is 4.55 Å². The maximum atomic E-state index is 13.3. The third kappa shape index (κ3) is 3.55. The largest absolute Gasteiger partial charge is 0.380 e. The van der Waals surface area contributed by atoms with Crippen LogP contribution in [-0.2, 0) is 24.0 Å². The van der Waals surface area contributed by atoms with Crippen molar-refractivity contribution in [1.82, 2.24) is 4.98 Å². The van der Waals surface area contributed by atoms with Gasteiger partial charge in [0.25, 0.3) is 10.2 Å². The van der Waals surface area contributed by atoms with E-state index in [0.717, 1.165) is 5.56 Å². The van der Waals surface area contributed by atoms with Crippen LogP contribution in [0.4, 0.5) is 16.5 Å². The highest BCUT2D eigenvalue weighted by molar-refractivity contribution is 7.98. The van der Waals surface area contributed by atoms with Gasteiger partial charge in [-0.15, -0.1) is 11.3 Å². The lowest BCUT2D eigenvalue weighted by Gasteiger charge is -2.40. The normalized spacial score (nSPS) is 21.8. The molecule has 1 fully saturated rings. The molecule has 166 valence electrons. The number of ether oxygens (including phenoxy) is 1. The molecule has 1 amide bonds. The van der Waals surface area contributed by atoms with Gasteiger partial charge in [0.15, 0.2) is 5.13 Å². The van der Waals surface area contributed by atoms with Crippen molar-refractivity contribution in [3.05, 3.63) is 59.6 Å². The summed E-state index contributed by atoms with van der Waals surface area (Å²) in [5.74, 6) is -0.588. The summed E-state index contributed by atoms with van der Waals surface area (Å²) >= 11 is 1.37. The molecule has 2 unspecified atom stereocenters. The van der Waals surface area contributed by atoms with Gasteiger partial charge < -0.3 is 15.0 Å². The van der Waals surface area contributed by atoms with E-state index < -0.39 is 16.1 Å². The van der Waals surface area contributed by atoms with Gasteiger partial charge in [0, 0.05) is 24.0 Å². The summed E-state index contributed by atoms with van der Waals surface area (Å²) in [5, 5.41) is 5.29. The van der Waals surface area contributed by atoms with Gasteiger partial charge in [-0.05, 0) is 36.2 Å². The predicted molar refractivity (Wildman–Crippen MR) is 125 cm³/mol. The van der Waals surface area contributed by atoms with Crippen molar-refractivity contribution < 1.29 is 18.3 Å². The molecule has 1 aromatic heterocycles. The number of rotatable bonds is 5. The van der Waals surface area contributed by atoms with Crippen LogP contribution in [0.15, 0.2) is 63.8 Å². The molecule has 7 nitrogen and oxygen atoms in total. The Morgan fingerprint density at radius 3 is 2.72 bits per heavy atom. The first kappa shape index (κ1) is 21.3. The van der Waals surface area contributed by atoms with Crippen LogP contribution in [0.1, 0.15) is 24.8 Å². The molecule has 9 heteroatoms. The van der Waals surface area contributed by atoms with Gasteiger partial charge in [-0.25, -0.2) is 4.98 Å². The first-order chi connectivity index (χ1) is 15.3. The van der Waals surface area contributed by atoms with E-state index in [1.165, 1.54) is 11.3 Å². The molecule has 0 saturated carbocycles. The molecule has 2 atom stereocenters. The van der Waals surface area contributed by atoms with Crippen molar-refractivity contribution in [3.8, 4) is 0 Å². The second-order valence-electron chi connectivity index (χ2n) is 8.67. The van der Waals surface area contributed by atoms with Crippen molar-refractivity contribution in [3.63, 3.8) is 0 Å². The zero-order valence-electron chi connectivity index (χ0n) is 17.8. The van der Waals surface area contributed by atoms with E-state index in [-0.39, 0.29) is 11.3 Å². The lowest BCUT2D eigenvalue weighted by Crippen LogP contribution is -2.42. The minimum Gasteiger partial charge on any atom is -0.380 e. The third-order valence-electron chi connectivity index (χ3n) is 6.15. The first-order valence-electron chi connectivity index (χ1n) is 10.3. The monoisotopic (exact) mass is 470 g/mol. The number of benzene rings is 2. The van der Waals surface area contributed by atoms with E-state index in [4.69, 9.17) is 4.74 Å². The van der Waals surface area contributed by atoms with Gasteiger partial charge in [-0.3, -0.25) is 4.79 Å². The van der Waals surface area contributed by atoms with Crippen molar-refractivity contribution in [1.29, 1.82) is 0 Å². The Balaban J connectivity index is 1.55. The maximum Gasteiger partial charge on any atom is 0.285 e. The summed E-state index contributed by atoms with van der Waals surface area (Å²) in [6, 6.07) is 12.5. The van der Waals surface area contributed by atoms with E-state index in [9.17, 15) is 13.6 Å². The molecule has 0 radical (unpaired) electrons. The maximum absolute atomic E-state index is 13.3. The molecule has 0 aliphatic carbocycles. The van der Waals surface area contributed by atoms with Crippen LogP contribution in [0.2, 0.25) is 0 Å². The van der Waals surface area contributed by atoms with E-state index in [0.29, 0.717) is 45.9 Å². The fourth-order valence-corrected chi connectivity index (χ4v) is 6.62. The molecular formula is C23H24N3O4S2+. The first-order valence-corrected chi connectivity index (χ1v) is 12.7. The molecule has 3 aromatic rings. The van der Waals surface area contributed by atoms with E-state index in [1.54, 1.807) is 30.5 Å². The molecule has 32 heavy (non-hydrogen) atoms. The average molecular weight is 471 g/mol. The fourth-order valence-electron chi connectivity index (χ4n) is 4.36. The number of anilines is 3. The number of nitrogens with one attached hydrogen (secondary N) is 1. The van der Waals surface area contributed by atoms with Crippen molar-refractivity contribution >= 4 is 44.0 Å². The van der Waals surface area contributed by atoms with Gasteiger partial charge in [0.05, 0.1) is 19.1 Å². The zero-order valence-corrected chi connectivity index (χ0v) is 19.4. The van der Waals surface area contributed by atoms with Crippen LogP contribution in [0.25, 0.3) is 0 Å². The molecular weight excluding hydrogens is 446 g/mol. The number of para-hydroxylation sites is 1. The number of thiazole rings is 1. The Hall–Kier alpha value is -2.59. The predicted octanol–water partition coefficient (Wildman–Crippen LogP) is 4.76. The zero-order chi connectivity index (χ0) is 22.5. The Kier molecular flexibility index (Phi) is 5.16. The topological polar surface area (TPSA) is 91.8 Å².